The highest BCUT2D eigenvalue weighted by atomic mass is 16.5. The van der Waals surface area contributed by atoms with Crippen molar-refractivity contribution < 1.29 is 9.47 Å². The van der Waals surface area contributed by atoms with E-state index >= 15 is 0 Å². The van der Waals surface area contributed by atoms with Crippen molar-refractivity contribution in [3.8, 4) is 11.3 Å². The zero-order valence-electron chi connectivity index (χ0n) is 11.9. The summed E-state index contributed by atoms with van der Waals surface area (Å²) in [7, 11) is 1.66. The van der Waals surface area contributed by atoms with E-state index in [0.29, 0.717) is 19.9 Å². The first kappa shape index (κ1) is 13.7. The molecule has 0 bridgehead atoms. The van der Waals surface area contributed by atoms with Gasteiger partial charge in [0, 0.05) is 36.7 Å². The number of aromatic nitrogens is 3. The second-order valence-electron chi connectivity index (χ2n) is 4.63. The Labute approximate surface area is 123 Å². The monoisotopic (exact) mass is 283 g/mol. The predicted octanol–water partition coefficient (Wildman–Crippen LogP) is 2.72. The summed E-state index contributed by atoms with van der Waals surface area (Å²) in [6, 6.07) is 9.88. The van der Waals surface area contributed by atoms with Gasteiger partial charge in [-0.25, -0.2) is 4.98 Å². The Balaban J connectivity index is 1.95. The highest BCUT2D eigenvalue weighted by Crippen LogP contribution is 2.27. The fourth-order valence-electron chi connectivity index (χ4n) is 2.25. The minimum absolute atomic E-state index is 0.448. The summed E-state index contributed by atoms with van der Waals surface area (Å²) in [6.45, 7) is 1.59. The Kier molecular flexibility index (Phi) is 4.23. The number of methoxy groups -OCH3 is 1. The number of rotatable bonds is 6. The molecule has 5 nitrogen and oxygen atoms in total. The van der Waals surface area contributed by atoms with Crippen LogP contribution in [0, 0.1) is 0 Å². The van der Waals surface area contributed by atoms with Crippen LogP contribution >= 0.6 is 0 Å². The van der Waals surface area contributed by atoms with E-state index in [1.807, 2.05) is 35.0 Å². The Morgan fingerprint density at radius 3 is 2.76 bits per heavy atom. The van der Waals surface area contributed by atoms with Gasteiger partial charge in [0.2, 0.25) is 0 Å². The number of fused-ring (bicyclic) bond motifs is 1. The molecule has 0 radical (unpaired) electrons. The Morgan fingerprint density at radius 2 is 1.95 bits per heavy atom. The van der Waals surface area contributed by atoms with Crippen molar-refractivity contribution in [1.29, 1.82) is 0 Å². The topological polar surface area (TPSA) is 49.2 Å². The van der Waals surface area contributed by atoms with Gasteiger partial charge in [0.1, 0.15) is 12.4 Å². The SMILES string of the molecule is COCCOCn1cc(-c2ccccn2)c2cccnc21. The van der Waals surface area contributed by atoms with Gasteiger partial charge >= 0.3 is 0 Å². The van der Waals surface area contributed by atoms with Gasteiger partial charge in [0.25, 0.3) is 0 Å². The van der Waals surface area contributed by atoms with Gasteiger partial charge in [-0.3, -0.25) is 4.98 Å². The highest BCUT2D eigenvalue weighted by molar-refractivity contribution is 5.92. The van der Waals surface area contributed by atoms with Crippen molar-refractivity contribution in [2.45, 2.75) is 6.73 Å². The molecule has 0 aliphatic heterocycles. The number of pyridine rings is 2. The first-order valence-electron chi connectivity index (χ1n) is 6.82. The molecule has 0 N–H and O–H groups in total. The van der Waals surface area contributed by atoms with Gasteiger partial charge in [-0.2, -0.15) is 0 Å². The average Bonchev–Trinajstić information content (AvgIpc) is 2.92. The van der Waals surface area contributed by atoms with Crippen LogP contribution in [0.1, 0.15) is 0 Å². The minimum Gasteiger partial charge on any atom is -0.382 e. The summed E-state index contributed by atoms with van der Waals surface area (Å²) in [4.78, 5) is 8.87. The fraction of sp³-hybridized carbons (Fsp3) is 0.250. The summed E-state index contributed by atoms with van der Waals surface area (Å²) < 4.78 is 12.6. The molecule has 0 spiro atoms. The molecule has 0 amide bonds. The van der Waals surface area contributed by atoms with E-state index in [4.69, 9.17) is 9.47 Å². The molecule has 0 saturated heterocycles. The molecule has 0 unspecified atom stereocenters. The van der Waals surface area contributed by atoms with Gasteiger partial charge in [0.15, 0.2) is 0 Å². The fourth-order valence-corrected chi connectivity index (χ4v) is 2.25. The van der Waals surface area contributed by atoms with Crippen LogP contribution in [0.2, 0.25) is 0 Å². The molecule has 0 aliphatic rings. The van der Waals surface area contributed by atoms with E-state index in [1.165, 1.54) is 0 Å². The van der Waals surface area contributed by atoms with E-state index in [1.54, 1.807) is 19.5 Å². The summed E-state index contributed by atoms with van der Waals surface area (Å²) in [6.07, 6.45) is 5.62. The summed E-state index contributed by atoms with van der Waals surface area (Å²) in [5.41, 5.74) is 2.90. The van der Waals surface area contributed by atoms with Crippen LogP contribution in [0.3, 0.4) is 0 Å². The number of nitrogens with zero attached hydrogens (tertiary/aromatic N) is 3. The van der Waals surface area contributed by atoms with Gasteiger partial charge in [-0.15, -0.1) is 0 Å². The minimum atomic E-state index is 0.448. The molecule has 3 aromatic heterocycles. The summed E-state index contributed by atoms with van der Waals surface area (Å²) in [5, 5.41) is 1.08. The van der Waals surface area contributed by atoms with Crippen molar-refractivity contribution >= 4 is 11.0 Å². The number of hydrogen-bond acceptors (Lipinski definition) is 4. The Hall–Kier alpha value is -2.24. The molecule has 0 aliphatic carbocycles. The molecule has 108 valence electrons. The van der Waals surface area contributed by atoms with Gasteiger partial charge in [0.05, 0.1) is 18.9 Å². The molecule has 0 aromatic carbocycles. The van der Waals surface area contributed by atoms with Crippen LogP contribution < -0.4 is 0 Å². The highest BCUT2D eigenvalue weighted by Gasteiger charge is 2.11. The lowest BCUT2D eigenvalue weighted by molar-refractivity contribution is 0.0358. The van der Waals surface area contributed by atoms with Crippen LogP contribution in [0.25, 0.3) is 22.3 Å². The van der Waals surface area contributed by atoms with E-state index < -0.39 is 0 Å². The van der Waals surface area contributed by atoms with E-state index in [0.717, 1.165) is 22.3 Å². The van der Waals surface area contributed by atoms with E-state index in [2.05, 4.69) is 16.0 Å². The molecule has 0 fully saturated rings. The maximum Gasteiger partial charge on any atom is 0.142 e. The van der Waals surface area contributed by atoms with Gasteiger partial charge < -0.3 is 14.0 Å². The Morgan fingerprint density at radius 1 is 1.05 bits per heavy atom. The lowest BCUT2D eigenvalue weighted by Crippen LogP contribution is -2.06. The molecule has 5 heteroatoms. The second-order valence-corrected chi connectivity index (χ2v) is 4.63. The first-order valence-corrected chi connectivity index (χ1v) is 6.82. The van der Waals surface area contributed by atoms with Crippen LogP contribution in [0.4, 0.5) is 0 Å². The second kappa shape index (κ2) is 6.47. The number of ether oxygens (including phenoxy) is 2. The van der Waals surface area contributed by atoms with Crippen molar-refractivity contribution in [2.75, 3.05) is 20.3 Å². The van der Waals surface area contributed by atoms with Crippen molar-refractivity contribution in [3.05, 3.63) is 48.9 Å². The largest absolute Gasteiger partial charge is 0.382 e. The molecule has 3 rings (SSSR count). The average molecular weight is 283 g/mol. The van der Waals surface area contributed by atoms with E-state index in [-0.39, 0.29) is 0 Å². The van der Waals surface area contributed by atoms with Crippen LogP contribution in [0.15, 0.2) is 48.9 Å². The first-order chi connectivity index (χ1) is 10.4. The summed E-state index contributed by atoms with van der Waals surface area (Å²) >= 11 is 0. The van der Waals surface area contributed by atoms with Crippen LogP contribution in [0.5, 0.6) is 0 Å². The van der Waals surface area contributed by atoms with Gasteiger partial charge in [-0.1, -0.05) is 6.07 Å². The third kappa shape index (κ3) is 2.94. The molecule has 21 heavy (non-hydrogen) atoms. The molecule has 0 atom stereocenters. The van der Waals surface area contributed by atoms with Crippen molar-refractivity contribution in [1.82, 2.24) is 14.5 Å². The quantitative estimate of drug-likeness (QED) is 0.653. The molecular weight excluding hydrogens is 266 g/mol. The predicted molar refractivity (Wildman–Crippen MR) is 80.8 cm³/mol. The summed E-state index contributed by atoms with van der Waals surface area (Å²) in [5.74, 6) is 0. The van der Waals surface area contributed by atoms with Crippen LogP contribution in [-0.4, -0.2) is 34.9 Å². The maximum absolute atomic E-state index is 5.59. The standard InChI is InChI=1S/C16H17N3O2/c1-20-9-10-21-12-19-11-14(15-6-2-3-7-17-15)13-5-4-8-18-16(13)19/h2-8,11H,9-10,12H2,1H3. The molecular formula is C16H17N3O2. The normalized spacial score (nSPS) is 11.1. The number of hydrogen-bond donors (Lipinski definition) is 0. The van der Waals surface area contributed by atoms with Crippen molar-refractivity contribution in [2.24, 2.45) is 0 Å². The van der Waals surface area contributed by atoms with Gasteiger partial charge in [-0.05, 0) is 24.3 Å². The Bertz CT molecular complexity index is 710. The lowest BCUT2D eigenvalue weighted by atomic mass is 10.1. The third-order valence-corrected chi connectivity index (χ3v) is 3.24. The lowest BCUT2D eigenvalue weighted by Gasteiger charge is -2.05. The smallest absolute Gasteiger partial charge is 0.142 e. The third-order valence-electron chi connectivity index (χ3n) is 3.24. The van der Waals surface area contributed by atoms with Crippen LogP contribution in [-0.2, 0) is 16.2 Å². The van der Waals surface area contributed by atoms with Crippen molar-refractivity contribution in [3.63, 3.8) is 0 Å². The molecule has 3 heterocycles. The maximum atomic E-state index is 5.59. The molecule has 0 saturated carbocycles. The molecule has 3 aromatic rings. The van der Waals surface area contributed by atoms with E-state index in [9.17, 15) is 0 Å². The zero-order valence-corrected chi connectivity index (χ0v) is 11.9. The zero-order chi connectivity index (χ0) is 14.5.